The van der Waals surface area contributed by atoms with Crippen molar-refractivity contribution in [1.29, 1.82) is 0 Å². The molecule has 41 heavy (non-hydrogen) atoms. The van der Waals surface area contributed by atoms with Crippen molar-refractivity contribution in [3.63, 3.8) is 0 Å². The summed E-state index contributed by atoms with van der Waals surface area (Å²) in [6, 6.07) is 1.80. The number of cyclic esters (lactones) is 1. The molecule has 2 bridgehead atoms. The summed E-state index contributed by atoms with van der Waals surface area (Å²) >= 11 is 0. The maximum absolute atomic E-state index is 14.5. The minimum absolute atomic E-state index is 0.0867. The van der Waals surface area contributed by atoms with Crippen LogP contribution in [0.1, 0.15) is 78.9 Å². The molecule has 0 radical (unpaired) electrons. The number of fused-ring (bicyclic) bond motifs is 5. The van der Waals surface area contributed by atoms with Gasteiger partial charge in [0.15, 0.2) is 6.10 Å². The molecule has 1 saturated heterocycles. The molecule has 2 saturated carbocycles. The molecule has 8 atom stereocenters. The number of Topliss-reactive ketones (excluding diaryl/α,β-unsaturated/α-hetero) is 1. The van der Waals surface area contributed by atoms with Gasteiger partial charge in [-0.2, -0.15) is 0 Å². The Kier molecular flexibility index (Phi) is 7.12. The van der Waals surface area contributed by atoms with E-state index in [1.54, 1.807) is 38.5 Å². The van der Waals surface area contributed by atoms with E-state index in [9.17, 15) is 24.3 Å². The first-order chi connectivity index (χ1) is 19.2. The van der Waals surface area contributed by atoms with Crippen LogP contribution >= 0.6 is 0 Å². The molecule has 222 valence electrons. The van der Waals surface area contributed by atoms with Gasteiger partial charge in [0.25, 0.3) is 0 Å². The molecule has 0 amide bonds. The summed E-state index contributed by atoms with van der Waals surface area (Å²) in [7, 11) is 1.20. The SMILES string of the molecule is C/C=C(\C)C(=O)O[C@@H]1C2CC3=C4CC(=O)O[C@@H](c5ccoc5)[C@]4(C)CCC3[C@@](C)(C2=O)C(C(O)C(=O)OC)C1(C)C. The maximum Gasteiger partial charge on any atom is 0.335 e. The standard InChI is InChI=1S/C32H40O9/c1-8-16(2)28(36)41-27-19-13-18-20(32(6,25(19)35)24(30(27,3)4)23(34)29(37)38-7)9-11-31(5)21(18)14-22(33)40-26(31)17-10-12-39-15-17/h8,10,12,15,19-20,23-24,26-27,34H,9,11,13-14H2,1-7H3/b16-8+/t19?,20?,23?,24?,26-,27+,31+,32+/m0/s1. The highest BCUT2D eigenvalue weighted by Crippen LogP contribution is 2.68. The fourth-order valence-corrected chi connectivity index (χ4v) is 8.72. The smallest absolute Gasteiger partial charge is 0.335 e. The van der Waals surface area contributed by atoms with Gasteiger partial charge >= 0.3 is 17.9 Å². The third-order valence-corrected chi connectivity index (χ3v) is 10.8. The molecule has 0 aromatic carbocycles. The third-order valence-electron chi connectivity index (χ3n) is 10.8. The average Bonchev–Trinajstić information content (AvgIpc) is 3.46. The Morgan fingerprint density at radius 2 is 1.90 bits per heavy atom. The number of aliphatic hydroxyl groups is 1. The number of ketones is 1. The molecule has 0 spiro atoms. The van der Waals surface area contributed by atoms with Gasteiger partial charge in [0.05, 0.1) is 32.0 Å². The van der Waals surface area contributed by atoms with Crippen LogP contribution in [0.5, 0.6) is 0 Å². The average molecular weight is 569 g/mol. The van der Waals surface area contributed by atoms with Crippen LogP contribution in [0.2, 0.25) is 0 Å². The highest BCUT2D eigenvalue weighted by molar-refractivity contribution is 5.94. The second-order valence-corrected chi connectivity index (χ2v) is 13.1. The lowest BCUT2D eigenvalue weighted by Gasteiger charge is -2.64. The third kappa shape index (κ3) is 4.14. The Hall–Kier alpha value is -3.20. The van der Waals surface area contributed by atoms with Crippen LogP contribution in [-0.2, 0) is 33.4 Å². The van der Waals surface area contributed by atoms with E-state index in [4.69, 9.17) is 18.6 Å². The van der Waals surface area contributed by atoms with E-state index < -0.39 is 58.3 Å². The van der Waals surface area contributed by atoms with Crippen LogP contribution in [0.3, 0.4) is 0 Å². The van der Waals surface area contributed by atoms with Crippen LogP contribution < -0.4 is 0 Å². The van der Waals surface area contributed by atoms with E-state index in [2.05, 4.69) is 6.92 Å². The molecule has 3 fully saturated rings. The first kappa shape index (κ1) is 29.3. The zero-order chi connectivity index (χ0) is 30.1. The van der Waals surface area contributed by atoms with Crippen molar-refractivity contribution in [1.82, 2.24) is 0 Å². The molecular weight excluding hydrogens is 528 g/mol. The summed E-state index contributed by atoms with van der Waals surface area (Å²) in [6.07, 6.45) is 3.34. The number of hydrogen-bond acceptors (Lipinski definition) is 9. The Morgan fingerprint density at radius 1 is 1.20 bits per heavy atom. The summed E-state index contributed by atoms with van der Waals surface area (Å²) in [5, 5.41) is 11.5. The lowest BCUT2D eigenvalue weighted by molar-refractivity contribution is -0.211. The molecule has 9 heteroatoms. The lowest BCUT2D eigenvalue weighted by atomic mass is 9.40. The number of rotatable bonds is 5. The monoisotopic (exact) mass is 568 g/mol. The normalized spacial score (nSPS) is 37.0. The number of ether oxygens (including phenoxy) is 3. The first-order valence-electron chi connectivity index (χ1n) is 14.3. The second kappa shape index (κ2) is 9.96. The Labute approximate surface area is 240 Å². The number of allylic oxidation sites excluding steroid dienone is 2. The number of carbonyl (C=O) groups excluding carboxylic acids is 4. The predicted molar refractivity (Wildman–Crippen MR) is 146 cm³/mol. The Morgan fingerprint density at radius 3 is 2.51 bits per heavy atom. The number of carbonyl (C=O) groups is 4. The second-order valence-electron chi connectivity index (χ2n) is 13.1. The van der Waals surface area contributed by atoms with E-state index in [1.807, 2.05) is 20.8 Å². The van der Waals surface area contributed by atoms with Gasteiger partial charge in [-0.3, -0.25) is 9.59 Å². The van der Waals surface area contributed by atoms with Crippen molar-refractivity contribution in [2.45, 2.75) is 85.5 Å². The molecule has 1 aromatic heterocycles. The molecule has 3 aliphatic carbocycles. The van der Waals surface area contributed by atoms with Crippen LogP contribution in [0.15, 0.2) is 45.8 Å². The number of esters is 3. The minimum atomic E-state index is -1.62. The number of furan rings is 1. The van der Waals surface area contributed by atoms with Gasteiger partial charge < -0.3 is 23.7 Å². The maximum atomic E-state index is 14.5. The lowest BCUT2D eigenvalue weighted by Crippen LogP contribution is -2.69. The molecule has 4 unspecified atom stereocenters. The van der Waals surface area contributed by atoms with Crippen LogP contribution in [0.25, 0.3) is 0 Å². The summed E-state index contributed by atoms with van der Waals surface area (Å²) in [5.74, 6) is -3.83. The molecule has 9 nitrogen and oxygen atoms in total. The quantitative estimate of drug-likeness (QED) is 0.234. The fraction of sp³-hybridized carbons (Fsp3) is 0.625. The van der Waals surface area contributed by atoms with E-state index in [-0.39, 0.29) is 24.1 Å². The molecule has 4 aliphatic rings. The largest absolute Gasteiger partial charge is 0.472 e. The molecule has 1 N–H and O–H groups in total. The number of aliphatic hydroxyl groups excluding tert-OH is 1. The zero-order valence-corrected chi connectivity index (χ0v) is 24.8. The van der Waals surface area contributed by atoms with Crippen LogP contribution in [-0.4, -0.2) is 48.1 Å². The predicted octanol–water partition coefficient (Wildman–Crippen LogP) is 4.64. The van der Waals surface area contributed by atoms with Crippen molar-refractivity contribution < 1.29 is 42.9 Å². The van der Waals surface area contributed by atoms with Gasteiger partial charge in [-0.05, 0) is 50.7 Å². The van der Waals surface area contributed by atoms with Gasteiger partial charge in [-0.1, -0.05) is 39.3 Å². The number of methoxy groups -OCH3 is 1. The first-order valence-corrected chi connectivity index (χ1v) is 14.3. The van der Waals surface area contributed by atoms with Crippen molar-refractivity contribution in [2.24, 2.45) is 34.0 Å². The topological polar surface area (TPSA) is 129 Å². The molecule has 2 heterocycles. The van der Waals surface area contributed by atoms with Crippen molar-refractivity contribution in [2.75, 3.05) is 7.11 Å². The number of hydrogen-bond donors (Lipinski definition) is 1. The van der Waals surface area contributed by atoms with Gasteiger partial charge in [0.2, 0.25) is 0 Å². The van der Waals surface area contributed by atoms with Gasteiger partial charge in [0, 0.05) is 33.3 Å². The van der Waals surface area contributed by atoms with Crippen molar-refractivity contribution in [3.05, 3.63) is 47.0 Å². The van der Waals surface area contributed by atoms with Gasteiger partial charge in [-0.15, -0.1) is 0 Å². The summed E-state index contributed by atoms with van der Waals surface area (Å²) < 4.78 is 22.3. The fourth-order valence-electron chi connectivity index (χ4n) is 8.72. The molecular formula is C32H40O9. The summed E-state index contributed by atoms with van der Waals surface area (Å²) in [4.78, 5) is 53.5. The molecule has 5 rings (SSSR count). The van der Waals surface area contributed by atoms with E-state index in [0.29, 0.717) is 24.8 Å². The summed E-state index contributed by atoms with van der Waals surface area (Å²) in [5.41, 5.74) is 0.392. The van der Waals surface area contributed by atoms with Crippen LogP contribution in [0.4, 0.5) is 0 Å². The summed E-state index contributed by atoms with van der Waals surface area (Å²) in [6.45, 7) is 11.0. The van der Waals surface area contributed by atoms with Crippen molar-refractivity contribution >= 4 is 23.7 Å². The van der Waals surface area contributed by atoms with Crippen LogP contribution in [0, 0.1) is 34.0 Å². The Bertz CT molecular complexity index is 1330. The molecule has 1 aliphatic heterocycles. The zero-order valence-electron chi connectivity index (χ0n) is 24.8. The highest BCUT2D eigenvalue weighted by Gasteiger charge is 2.70. The van der Waals surface area contributed by atoms with E-state index in [0.717, 1.165) is 16.7 Å². The van der Waals surface area contributed by atoms with Crippen molar-refractivity contribution in [3.8, 4) is 0 Å². The van der Waals surface area contributed by atoms with Gasteiger partial charge in [-0.25, -0.2) is 9.59 Å². The minimum Gasteiger partial charge on any atom is -0.472 e. The Balaban J connectivity index is 1.71. The highest BCUT2D eigenvalue weighted by atomic mass is 16.6. The molecule has 1 aromatic rings. The van der Waals surface area contributed by atoms with E-state index in [1.165, 1.54) is 7.11 Å². The van der Waals surface area contributed by atoms with E-state index >= 15 is 0 Å². The van der Waals surface area contributed by atoms with Gasteiger partial charge in [0.1, 0.15) is 18.0 Å².